The van der Waals surface area contributed by atoms with Crippen molar-refractivity contribution in [3.63, 3.8) is 0 Å². The molecule has 0 amide bonds. The summed E-state index contributed by atoms with van der Waals surface area (Å²) >= 11 is 0. The highest BCUT2D eigenvalue weighted by Crippen LogP contribution is 2.21. The van der Waals surface area contributed by atoms with E-state index in [1.54, 1.807) is 0 Å². The number of aromatic nitrogens is 2. The molecule has 0 fully saturated rings. The first kappa shape index (κ1) is 8.04. The monoisotopic (exact) mass is 157 g/mol. The lowest BCUT2D eigenvalue weighted by atomic mass is 10.1. The van der Waals surface area contributed by atoms with Gasteiger partial charge in [0.05, 0.1) is 5.69 Å². The maximum absolute atomic E-state index is 13.0. The number of rotatable bonds is 2. The van der Waals surface area contributed by atoms with Crippen molar-refractivity contribution in [2.75, 3.05) is 5.73 Å². The molecule has 3 N–H and O–H groups in total. The third kappa shape index (κ3) is 1.34. The largest absolute Gasteiger partial charge is 0.380 e. The second-order valence-corrected chi connectivity index (χ2v) is 2.65. The van der Waals surface area contributed by atoms with Gasteiger partial charge >= 0.3 is 0 Å². The van der Waals surface area contributed by atoms with Crippen LogP contribution in [0.25, 0.3) is 0 Å². The Morgan fingerprint density at radius 2 is 2.36 bits per heavy atom. The lowest BCUT2D eigenvalue weighted by molar-refractivity contribution is 0.583. The van der Waals surface area contributed by atoms with Gasteiger partial charge < -0.3 is 5.73 Å². The van der Waals surface area contributed by atoms with Gasteiger partial charge in [0, 0.05) is 5.92 Å². The third-order valence-corrected chi connectivity index (χ3v) is 1.86. The SMILES string of the molecule is CCC(C)c1[nH]nc(N)c1F. The van der Waals surface area contributed by atoms with Crippen molar-refractivity contribution in [1.82, 2.24) is 10.2 Å². The Balaban J connectivity index is 2.94. The number of nitrogens with zero attached hydrogens (tertiary/aromatic N) is 1. The topological polar surface area (TPSA) is 54.7 Å². The van der Waals surface area contributed by atoms with Crippen LogP contribution in [-0.2, 0) is 0 Å². The summed E-state index contributed by atoms with van der Waals surface area (Å²) in [7, 11) is 0. The van der Waals surface area contributed by atoms with Crippen molar-refractivity contribution in [3.05, 3.63) is 11.5 Å². The zero-order valence-electron chi connectivity index (χ0n) is 6.69. The average molecular weight is 157 g/mol. The summed E-state index contributed by atoms with van der Waals surface area (Å²) in [6.45, 7) is 3.91. The van der Waals surface area contributed by atoms with Gasteiger partial charge in [0.1, 0.15) is 0 Å². The van der Waals surface area contributed by atoms with Crippen molar-refractivity contribution >= 4 is 5.82 Å². The van der Waals surface area contributed by atoms with Crippen LogP contribution < -0.4 is 5.73 Å². The fourth-order valence-electron chi connectivity index (χ4n) is 0.887. The molecule has 0 saturated heterocycles. The Labute approximate surface area is 64.8 Å². The van der Waals surface area contributed by atoms with Crippen LogP contribution in [0.2, 0.25) is 0 Å². The van der Waals surface area contributed by atoms with E-state index < -0.39 is 5.82 Å². The molecule has 62 valence electrons. The van der Waals surface area contributed by atoms with Gasteiger partial charge in [-0.2, -0.15) is 5.10 Å². The Kier molecular flexibility index (Phi) is 2.12. The number of nitrogens with one attached hydrogen (secondary N) is 1. The van der Waals surface area contributed by atoms with E-state index in [1.807, 2.05) is 13.8 Å². The Morgan fingerprint density at radius 3 is 2.73 bits per heavy atom. The van der Waals surface area contributed by atoms with Gasteiger partial charge in [-0.15, -0.1) is 0 Å². The first-order chi connectivity index (χ1) is 5.16. The van der Waals surface area contributed by atoms with Crippen molar-refractivity contribution in [2.45, 2.75) is 26.2 Å². The molecule has 0 aliphatic rings. The molecule has 0 saturated carbocycles. The fraction of sp³-hybridized carbons (Fsp3) is 0.571. The highest BCUT2D eigenvalue weighted by atomic mass is 19.1. The Hall–Kier alpha value is -1.06. The van der Waals surface area contributed by atoms with Gasteiger partial charge in [-0.1, -0.05) is 13.8 Å². The quantitative estimate of drug-likeness (QED) is 0.685. The summed E-state index contributed by atoms with van der Waals surface area (Å²) in [6, 6.07) is 0. The van der Waals surface area contributed by atoms with Crippen LogP contribution in [-0.4, -0.2) is 10.2 Å². The van der Waals surface area contributed by atoms with E-state index in [2.05, 4.69) is 10.2 Å². The molecule has 1 aromatic rings. The van der Waals surface area contributed by atoms with Gasteiger partial charge in [-0.25, -0.2) is 4.39 Å². The summed E-state index contributed by atoms with van der Waals surface area (Å²) < 4.78 is 13.0. The maximum atomic E-state index is 13.0. The number of nitrogen functional groups attached to an aromatic ring is 1. The lowest BCUT2D eigenvalue weighted by Gasteiger charge is -2.03. The van der Waals surface area contributed by atoms with Crippen LogP contribution >= 0.6 is 0 Å². The number of aromatic amines is 1. The van der Waals surface area contributed by atoms with E-state index in [1.165, 1.54) is 0 Å². The molecule has 1 heterocycles. The molecule has 0 aliphatic carbocycles. The number of hydrogen-bond donors (Lipinski definition) is 2. The molecular weight excluding hydrogens is 145 g/mol. The van der Waals surface area contributed by atoms with Crippen LogP contribution in [0.3, 0.4) is 0 Å². The number of nitrogens with two attached hydrogens (primary N) is 1. The standard InChI is InChI=1S/C7H12FN3/c1-3-4(2)6-5(8)7(9)11-10-6/h4H,3H2,1-2H3,(H3,9,10,11). The third-order valence-electron chi connectivity index (χ3n) is 1.86. The van der Waals surface area contributed by atoms with E-state index in [0.717, 1.165) is 6.42 Å². The van der Waals surface area contributed by atoms with Gasteiger partial charge in [0.25, 0.3) is 0 Å². The van der Waals surface area contributed by atoms with E-state index in [0.29, 0.717) is 5.69 Å². The molecule has 4 heteroatoms. The second-order valence-electron chi connectivity index (χ2n) is 2.65. The van der Waals surface area contributed by atoms with Crippen LogP contribution in [0.15, 0.2) is 0 Å². The predicted octanol–water partition coefficient (Wildman–Crippen LogP) is 1.64. The predicted molar refractivity (Wildman–Crippen MR) is 41.7 cm³/mol. The molecule has 1 aromatic heterocycles. The number of anilines is 1. The van der Waals surface area contributed by atoms with Crippen LogP contribution in [0, 0.1) is 5.82 Å². The molecule has 1 unspecified atom stereocenters. The molecule has 0 bridgehead atoms. The van der Waals surface area contributed by atoms with Crippen LogP contribution in [0.5, 0.6) is 0 Å². The number of H-pyrrole nitrogens is 1. The van der Waals surface area contributed by atoms with E-state index in [4.69, 9.17) is 5.73 Å². The summed E-state index contributed by atoms with van der Waals surface area (Å²) in [6.07, 6.45) is 0.874. The van der Waals surface area contributed by atoms with Crippen LogP contribution in [0.1, 0.15) is 31.9 Å². The summed E-state index contributed by atoms with van der Waals surface area (Å²) in [4.78, 5) is 0. The maximum Gasteiger partial charge on any atom is 0.187 e. The van der Waals surface area contributed by atoms with Crippen molar-refractivity contribution in [3.8, 4) is 0 Å². The first-order valence-corrected chi connectivity index (χ1v) is 3.66. The molecule has 1 rings (SSSR count). The molecular formula is C7H12FN3. The van der Waals surface area contributed by atoms with Gasteiger partial charge in [0.2, 0.25) is 0 Å². The number of halogens is 1. The smallest absolute Gasteiger partial charge is 0.187 e. The average Bonchev–Trinajstić information content (AvgIpc) is 2.32. The van der Waals surface area contributed by atoms with Crippen molar-refractivity contribution < 1.29 is 4.39 Å². The molecule has 1 atom stereocenters. The van der Waals surface area contributed by atoms with Gasteiger partial charge in [-0.3, -0.25) is 5.10 Å². The minimum absolute atomic E-state index is 0.0414. The zero-order chi connectivity index (χ0) is 8.43. The lowest BCUT2D eigenvalue weighted by Crippen LogP contribution is -1.95. The second kappa shape index (κ2) is 2.90. The van der Waals surface area contributed by atoms with E-state index in [9.17, 15) is 4.39 Å². The van der Waals surface area contributed by atoms with Crippen molar-refractivity contribution in [2.24, 2.45) is 0 Å². The zero-order valence-corrected chi connectivity index (χ0v) is 6.69. The minimum atomic E-state index is -0.403. The van der Waals surface area contributed by atoms with E-state index in [-0.39, 0.29) is 11.7 Å². The van der Waals surface area contributed by atoms with Gasteiger partial charge in [0.15, 0.2) is 11.6 Å². The first-order valence-electron chi connectivity index (χ1n) is 3.66. The normalized spacial score (nSPS) is 13.4. The highest BCUT2D eigenvalue weighted by Gasteiger charge is 2.14. The highest BCUT2D eigenvalue weighted by molar-refractivity contribution is 5.32. The summed E-state index contributed by atoms with van der Waals surface area (Å²) in [5, 5.41) is 6.14. The molecule has 0 spiro atoms. The Morgan fingerprint density at radius 1 is 1.73 bits per heavy atom. The van der Waals surface area contributed by atoms with Gasteiger partial charge in [-0.05, 0) is 6.42 Å². The molecule has 0 aromatic carbocycles. The molecule has 11 heavy (non-hydrogen) atoms. The molecule has 3 nitrogen and oxygen atoms in total. The summed E-state index contributed by atoms with van der Waals surface area (Å²) in [5.74, 6) is -0.292. The van der Waals surface area contributed by atoms with E-state index >= 15 is 0 Å². The minimum Gasteiger partial charge on any atom is -0.380 e. The van der Waals surface area contributed by atoms with Crippen LogP contribution in [0.4, 0.5) is 10.2 Å². The molecule has 0 aliphatic heterocycles. The number of hydrogen-bond acceptors (Lipinski definition) is 2. The molecule has 0 radical (unpaired) electrons. The van der Waals surface area contributed by atoms with Crippen molar-refractivity contribution in [1.29, 1.82) is 0 Å². The Bertz CT molecular complexity index is 244. The fourth-order valence-corrected chi connectivity index (χ4v) is 0.887. The summed E-state index contributed by atoms with van der Waals surface area (Å²) in [5.41, 5.74) is 5.72.